The van der Waals surface area contributed by atoms with Crippen molar-refractivity contribution >= 4 is 17.0 Å². The van der Waals surface area contributed by atoms with Crippen molar-refractivity contribution in [3.8, 4) is 0 Å². The molecule has 28 heavy (non-hydrogen) atoms. The molecule has 2 saturated heterocycles. The summed E-state index contributed by atoms with van der Waals surface area (Å²) in [5, 5.41) is 14.9. The molecular weight excluding hydrogens is 358 g/mol. The summed E-state index contributed by atoms with van der Waals surface area (Å²) >= 11 is 0. The molecule has 0 aliphatic carbocycles. The van der Waals surface area contributed by atoms with Crippen molar-refractivity contribution in [3.05, 3.63) is 53.2 Å². The molecule has 3 atom stereocenters. The predicted octanol–water partition coefficient (Wildman–Crippen LogP) is 3.44. The molecule has 2 aromatic rings. The molecule has 0 radical (unpaired) electrons. The van der Waals surface area contributed by atoms with Crippen LogP contribution in [0.15, 0.2) is 42.5 Å². The average molecular weight is 385 g/mol. The minimum Gasteiger partial charge on any atom is -0.624 e. The van der Waals surface area contributed by atoms with Crippen molar-refractivity contribution in [2.75, 3.05) is 13.2 Å². The van der Waals surface area contributed by atoms with Crippen LogP contribution in [0.1, 0.15) is 33.3 Å². The first-order valence-electron chi connectivity index (χ1n) is 9.66. The molecule has 2 fully saturated rings. The van der Waals surface area contributed by atoms with Gasteiger partial charge in [-0.2, -0.15) is 0 Å². The highest BCUT2D eigenvalue weighted by molar-refractivity contribution is 5.98. The first-order valence-corrected chi connectivity index (χ1v) is 9.66. The normalized spacial score (nSPS) is 29.4. The van der Waals surface area contributed by atoms with Gasteiger partial charge in [0, 0.05) is 5.56 Å². The standard InChI is InChI=1S/C22H27NO5/c1-21(2)25-14-19(27-21)20-18(26-22(3,4)28-20)13-23(24)12-16-10-7-9-15-8-5-6-11-17(15)16/h5-12,18-20H,13-14H2,1-4H3/b23-12-/t18-,19-,20+/m1/s1. The van der Waals surface area contributed by atoms with Crippen LogP contribution in [0.4, 0.5) is 0 Å². The molecule has 0 N–H and O–H groups in total. The summed E-state index contributed by atoms with van der Waals surface area (Å²) in [5.41, 5.74) is 0.879. The lowest BCUT2D eigenvalue weighted by molar-refractivity contribution is -0.465. The highest BCUT2D eigenvalue weighted by Gasteiger charge is 2.50. The fraction of sp³-hybridized carbons (Fsp3) is 0.500. The molecule has 2 aromatic carbocycles. The molecule has 0 saturated carbocycles. The van der Waals surface area contributed by atoms with E-state index in [9.17, 15) is 5.21 Å². The predicted molar refractivity (Wildman–Crippen MR) is 106 cm³/mol. The van der Waals surface area contributed by atoms with E-state index >= 15 is 0 Å². The van der Waals surface area contributed by atoms with E-state index in [2.05, 4.69) is 0 Å². The Labute approximate surface area is 165 Å². The summed E-state index contributed by atoms with van der Waals surface area (Å²) in [7, 11) is 0. The SMILES string of the molecule is CC1(C)OC[C@H]([C@H]2OC(C)(C)O[C@@H]2C/[N+]([O-])=C/c2cccc3ccccc23)O1. The average Bonchev–Trinajstić information content (AvgIpc) is 3.13. The highest BCUT2D eigenvalue weighted by Crippen LogP contribution is 2.35. The van der Waals surface area contributed by atoms with Gasteiger partial charge < -0.3 is 24.2 Å². The van der Waals surface area contributed by atoms with Gasteiger partial charge in [-0.25, -0.2) is 4.74 Å². The topological polar surface area (TPSA) is 63.0 Å². The second kappa shape index (κ2) is 7.12. The molecular formula is C22H27NO5. The van der Waals surface area contributed by atoms with Crippen LogP contribution in [-0.4, -0.2) is 54.0 Å². The van der Waals surface area contributed by atoms with Crippen molar-refractivity contribution in [2.24, 2.45) is 0 Å². The first kappa shape index (κ1) is 19.3. The summed E-state index contributed by atoms with van der Waals surface area (Å²) in [5.74, 6) is -1.43. The lowest BCUT2D eigenvalue weighted by Gasteiger charge is -2.23. The molecule has 2 heterocycles. The van der Waals surface area contributed by atoms with Crippen LogP contribution in [0.3, 0.4) is 0 Å². The molecule has 2 aliphatic rings. The largest absolute Gasteiger partial charge is 0.624 e. The van der Waals surface area contributed by atoms with E-state index in [0.29, 0.717) is 6.61 Å². The molecule has 0 aromatic heterocycles. The van der Waals surface area contributed by atoms with Crippen LogP contribution in [-0.2, 0) is 18.9 Å². The van der Waals surface area contributed by atoms with Gasteiger partial charge in [0.2, 0.25) is 0 Å². The van der Waals surface area contributed by atoms with E-state index < -0.39 is 17.7 Å². The molecule has 6 heteroatoms. The third-order valence-corrected chi connectivity index (χ3v) is 5.08. The van der Waals surface area contributed by atoms with Crippen LogP contribution in [0.25, 0.3) is 10.8 Å². The van der Waals surface area contributed by atoms with Crippen molar-refractivity contribution in [3.63, 3.8) is 0 Å². The van der Waals surface area contributed by atoms with E-state index in [1.54, 1.807) is 6.21 Å². The zero-order valence-corrected chi connectivity index (χ0v) is 16.8. The molecule has 150 valence electrons. The number of hydrogen-bond donors (Lipinski definition) is 0. The maximum Gasteiger partial charge on any atom is 0.182 e. The fourth-order valence-corrected chi connectivity index (χ4v) is 3.94. The Morgan fingerprint density at radius 1 is 1.00 bits per heavy atom. The van der Waals surface area contributed by atoms with Crippen LogP contribution in [0, 0.1) is 5.21 Å². The lowest BCUT2D eigenvalue weighted by Crippen LogP contribution is -2.41. The number of rotatable bonds is 4. The molecule has 2 aliphatic heterocycles. The van der Waals surface area contributed by atoms with Gasteiger partial charge in [0.05, 0.1) is 6.61 Å². The van der Waals surface area contributed by atoms with Gasteiger partial charge in [-0.15, -0.1) is 0 Å². The Morgan fingerprint density at radius 3 is 2.50 bits per heavy atom. The molecule has 0 bridgehead atoms. The zero-order valence-electron chi connectivity index (χ0n) is 16.8. The minimum atomic E-state index is -0.772. The maximum atomic E-state index is 12.8. The Balaban J connectivity index is 1.55. The Bertz CT molecular complexity index is 886. The van der Waals surface area contributed by atoms with Crippen molar-refractivity contribution in [1.82, 2.24) is 0 Å². The van der Waals surface area contributed by atoms with E-state index in [-0.39, 0.29) is 18.8 Å². The van der Waals surface area contributed by atoms with Crippen LogP contribution >= 0.6 is 0 Å². The minimum absolute atomic E-state index is 0.150. The van der Waals surface area contributed by atoms with Crippen LogP contribution in [0.5, 0.6) is 0 Å². The van der Waals surface area contributed by atoms with Crippen LogP contribution in [0.2, 0.25) is 0 Å². The zero-order chi connectivity index (χ0) is 19.9. The maximum absolute atomic E-state index is 12.8. The monoisotopic (exact) mass is 385 g/mol. The molecule has 0 spiro atoms. The Kier molecular flexibility index (Phi) is 4.91. The quantitative estimate of drug-likeness (QED) is 0.349. The summed E-state index contributed by atoms with van der Waals surface area (Å²) < 4.78 is 24.6. The van der Waals surface area contributed by atoms with Crippen LogP contribution < -0.4 is 0 Å². The molecule has 4 rings (SSSR count). The van der Waals surface area contributed by atoms with E-state index in [0.717, 1.165) is 21.1 Å². The van der Waals surface area contributed by atoms with Gasteiger partial charge in [0.15, 0.2) is 24.3 Å². The van der Waals surface area contributed by atoms with E-state index in [1.165, 1.54) is 0 Å². The second-order valence-corrected chi connectivity index (χ2v) is 8.30. The van der Waals surface area contributed by atoms with E-state index in [4.69, 9.17) is 18.9 Å². The number of hydroxylamine groups is 1. The summed E-state index contributed by atoms with van der Waals surface area (Å²) in [6.07, 6.45) is 0.562. The van der Waals surface area contributed by atoms with Gasteiger partial charge in [0.25, 0.3) is 0 Å². The van der Waals surface area contributed by atoms with E-state index in [1.807, 2.05) is 70.2 Å². The van der Waals surface area contributed by atoms with Gasteiger partial charge >= 0.3 is 0 Å². The smallest absolute Gasteiger partial charge is 0.182 e. The van der Waals surface area contributed by atoms with Crippen molar-refractivity contribution in [2.45, 2.75) is 57.6 Å². The third-order valence-electron chi connectivity index (χ3n) is 5.08. The first-order chi connectivity index (χ1) is 13.2. The number of nitrogens with zero attached hydrogens (tertiary/aromatic N) is 1. The number of hydrogen-bond acceptors (Lipinski definition) is 5. The summed E-state index contributed by atoms with van der Waals surface area (Å²) in [4.78, 5) is 0. The van der Waals surface area contributed by atoms with Gasteiger partial charge in [0.1, 0.15) is 18.3 Å². The van der Waals surface area contributed by atoms with Gasteiger partial charge in [-0.05, 0) is 44.5 Å². The Morgan fingerprint density at radius 2 is 1.75 bits per heavy atom. The van der Waals surface area contributed by atoms with Gasteiger partial charge in [-0.1, -0.05) is 36.4 Å². The summed E-state index contributed by atoms with van der Waals surface area (Å²) in [6.45, 7) is 8.01. The Hall–Kier alpha value is -1.99. The summed E-state index contributed by atoms with van der Waals surface area (Å²) in [6, 6.07) is 13.9. The number of benzene rings is 2. The molecule has 6 nitrogen and oxygen atoms in total. The molecule has 0 unspecified atom stereocenters. The second-order valence-electron chi connectivity index (χ2n) is 8.30. The number of fused-ring (bicyclic) bond motifs is 1. The van der Waals surface area contributed by atoms with Crippen molar-refractivity contribution < 1.29 is 23.7 Å². The number of ether oxygens (including phenoxy) is 4. The van der Waals surface area contributed by atoms with Gasteiger partial charge in [-0.3, -0.25) is 0 Å². The third kappa shape index (κ3) is 4.05. The lowest BCUT2D eigenvalue weighted by atomic mass is 10.1. The fourth-order valence-electron chi connectivity index (χ4n) is 3.94. The highest BCUT2D eigenvalue weighted by atomic mass is 16.8. The van der Waals surface area contributed by atoms with Crippen molar-refractivity contribution in [1.29, 1.82) is 0 Å². The molecule has 0 amide bonds.